The monoisotopic (exact) mass is 373 g/mol. The molecule has 2 unspecified atom stereocenters. The van der Waals surface area contributed by atoms with Gasteiger partial charge in [-0.3, -0.25) is 34.3 Å². The quantitative estimate of drug-likeness (QED) is 0.800. The van der Waals surface area contributed by atoms with Crippen LogP contribution in [-0.2, 0) is 16.1 Å². The molecule has 0 spiro atoms. The molecule has 0 saturated carbocycles. The molecule has 1 N–H and O–H groups in total. The molecule has 0 aromatic heterocycles. The second-order valence-electron chi connectivity index (χ2n) is 7.26. The van der Waals surface area contributed by atoms with Gasteiger partial charge in [0.2, 0.25) is 11.8 Å². The molecule has 1 aromatic rings. The summed E-state index contributed by atoms with van der Waals surface area (Å²) in [5.41, 5.74) is 1.21. The van der Waals surface area contributed by atoms with E-state index in [2.05, 4.69) is 5.32 Å². The summed E-state index contributed by atoms with van der Waals surface area (Å²) < 4.78 is 13.7. The normalized spacial score (nSPS) is 26.3. The van der Waals surface area contributed by atoms with Gasteiger partial charge in [-0.15, -0.1) is 0 Å². The average molecular weight is 373 g/mol. The van der Waals surface area contributed by atoms with Crippen LogP contribution >= 0.6 is 0 Å². The summed E-state index contributed by atoms with van der Waals surface area (Å²) in [5.74, 6) is -2.07. The molecule has 4 rings (SSSR count). The van der Waals surface area contributed by atoms with Gasteiger partial charge < -0.3 is 0 Å². The van der Waals surface area contributed by atoms with E-state index in [0.717, 1.165) is 17.9 Å². The van der Waals surface area contributed by atoms with Crippen molar-refractivity contribution in [2.75, 3.05) is 13.1 Å². The third-order valence-electron chi connectivity index (χ3n) is 5.40. The summed E-state index contributed by atoms with van der Waals surface area (Å²) in [4.78, 5) is 52.2. The first-order valence-corrected chi connectivity index (χ1v) is 9.15. The zero-order chi connectivity index (χ0) is 19.1. The molecule has 142 valence electrons. The van der Waals surface area contributed by atoms with Crippen LogP contribution in [0.3, 0.4) is 0 Å². The molecule has 4 amide bonds. The summed E-state index contributed by atoms with van der Waals surface area (Å²) in [6, 6.07) is 4.05. The van der Waals surface area contributed by atoms with Crippen molar-refractivity contribution in [2.24, 2.45) is 0 Å². The fourth-order valence-electron chi connectivity index (χ4n) is 4.10. The number of nitrogens with one attached hydrogen (secondary N) is 1. The fourth-order valence-corrected chi connectivity index (χ4v) is 4.10. The maximum atomic E-state index is 13.7. The van der Waals surface area contributed by atoms with Gasteiger partial charge in [-0.2, -0.15) is 0 Å². The maximum absolute atomic E-state index is 13.7. The predicted octanol–water partition coefficient (Wildman–Crippen LogP) is 1.02. The number of hydrogen-bond acceptors (Lipinski definition) is 5. The molecule has 1 aromatic carbocycles. The Morgan fingerprint density at radius 3 is 2.67 bits per heavy atom. The minimum Gasteiger partial charge on any atom is -0.296 e. The number of carbonyl (C=O) groups is 4. The van der Waals surface area contributed by atoms with Crippen LogP contribution in [0.1, 0.15) is 52.0 Å². The first kappa shape index (κ1) is 17.8. The standard InChI is InChI=1S/C19H20FN3O4/c20-12-4-2-8-22(10-12)9-11-3-1-5-13-16(11)19(27)23(18(13)26)14-6-7-15(24)21-17(14)25/h1,3,5,12,14H,2,4,6-10H2,(H,21,24,25). The number of benzene rings is 1. The molecule has 0 radical (unpaired) electrons. The van der Waals surface area contributed by atoms with Gasteiger partial charge in [0, 0.05) is 19.5 Å². The van der Waals surface area contributed by atoms with E-state index in [4.69, 9.17) is 0 Å². The number of halogens is 1. The van der Waals surface area contributed by atoms with Gasteiger partial charge in [0.25, 0.3) is 11.8 Å². The molecule has 2 saturated heterocycles. The van der Waals surface area contributed by atoms with E-state index in [-0.39, 0.29) is 24.0 Å². The molecule has 27 heavy (non-hydrogen) atoms. The number of nitrogens with zero attached hydrogens (tertiary/aromatic N) is 2. The smallest absolute Gasteiger partial charge is 0.262 e. The summed E-state index contributed by atoms with van der Waals surface area (Å²) in [5, 5.41) is 2.19. The van der Waals surface area contributed by atoms with Crippen LogP contribution in [0.5, 0.6) is 0 Å². The summed E-state index contributed by atoms with van der Waals surface area (Å²) >= 11 is 0. The number of amides is 4. The highest BCUT2D eigenvalue weighted by Crippen LogP contribution is 2.31. The molecule has 3 aliphatic heterocycles. The molecule has 8 heteroatoms. The minimum atomic E-state index is -0.979. The molecule has 0 bridgehead atoms. The Hall–Kier alpha value is -2.61. The van der Waals surface area contributed by atoms with Crippen molar-refractivity contribution in [3.63, 3.8) is 0 Å². The van der Waals surface area contributed by atoms with Gasteiger partial charge in [-0.1, -0.05) is 12.1 Å². The number of fused-ring (bicyclic) bond motifs is 1. The van der Waals surface area contributed by atoms with E-state index < -0.39 is 35.8 Å². The van der Waals surface area contributed by atoms with Crippen molar-refractivity contribution in [3.05, 3.63) is 34.9 Å². The lowest BCUT2D eigenvalue weighted by Gasteiger charge is -2.29. The van der Waals surface area contributed by atoms with E-state index >= 15 is 0 Å². The first-order valence-electron chi connectivity index (χ1n) is 9.15. The largest absolute Gasteiger partial charge is 0.296 e. The molecule has 2 fully saturated rings. The van der Waals surface area contributed by atoms with Gasteiger partial charge in [0.1, 0.15) is 12.2 Å². The van der Waals surface area contributed by atoms with E-state index in [1.807, 2.05) is 4.90 Å². The number of alkyl halides is 1. The third kappa shape index (κ3) is 3.14. The van der Waals surface area contributed by atoms with Gasteiger partial charge in [0.05, 0.1) is 11.1 Å². The number of piperidine rings is 2. The highest BCUT2D eigenvalue weighted by atomic mass is 19.1. The average Bonchev–Trinajstić information content (AvgIpc) is 2.87. The molecule has 7 nitrogen and oxygen atoms in total. The van der Waals surface area contributed by atoms with Crippen molar-refractivity contribution in [1.29, 1.82) is 0 Å². The van der Waals surface area contributed by atoms with Gasteiger partial charge in [0.15, 0.2) is 0 Å². The first-order chi connectivity index (χ1) is 13.0. The molecular formula is C19H20FN3O4. The Morgan fingerprint density at radius 1 is 1.11 bits per heavy atom. The van der Waals surface area contributed by atoms with Crippen LogP contribution in [0, 0.1) is 0 Å². The summed E-state index contributed by atoms with van der Waals surface area (Å²) in [7, 11) is 0. The van der Waals surface area contributed by atoms with Crippen LogP contribution in [0.15, 0.2) is 18.2 Å². The minimum absolute atomic E-state index is 0.0857. The molecule has 3 aliphatic rings. The second-order valence-corrected chi connectivity index (χ2v) is 7.26. The fraction of sp³-hybridized carbons (Fsp3) is 0.474. The van der Waals surface area contributed by atoms with Gasteiger partial charge in [-0.05, 0) is 37.4 Å². The van der Waals surface area contributed by atoms with Crippen LogP contribution in [0.25, 0.3) is 0 Å². The van der Waals surface area contributed by atoms with Gasteiger partial charge >= 0.3 is 0 Å². The zero-order valence-electron chi connectivity index (χ0n) is 14.7. The summed E-state index contributed by atoms with van der Waals surface area (Å²) in [6.07, 6.45) is 0.631. The van der Waals surface area contributed by atoms with Crippen molar-refractivity contribution in [3.8, 4) is 0 Å². The lowest BCUT2D eigenvalue weighted by molar-refractivity contribution is -0.136. The van der Waals surface area contributed by atoms with Crippen LogP contribution in [0.4, 0.5) is 4.39 Å². The van der Waals surface area contributed by atoms with E-state index in [9.17, 15) is 23.6 Å². The predicted molar refractivity (Wildman–Crippen MR) is 92.5 cm³/mol. The highest BCUT2D eigenvalue weighted by molar-refractivity contribution is 6.24. The van der Waals surface area contributed by atoms with E-state index in [1.54, 1.807) is 18.2 Å². The SMILES string of the molecule is O=C1CCC(N2C(=O)c3cccc(CN4CCCC(F)C4)c3C2=O)C(=O)N1. The zero-order valence-corrected chi connectivity index (χ0v) is 14.7. The van der Waals surface area contributed by atoms with Crippen LogP contribution in [-0.4, -0.2) is 58.7 Å². The summed E-state index contributed by atoms with van der Waals surface area (Å²) in [6.45, 7) is 1.43. The lowest BCUT2D eigenvalue weighted by Crippen LogP contribution is -2.54. The Bertz CT molecular complexity index is 840. The third-order valence-corrected chi connectivity index (χ3v) is 5.40. The number of rotatable bonds is 3. The van der Waals surface area contributed by atoms with Crippen molar-refractivity contribution in [1.82, 2.24) is 15.1 Å². The Morgan fingerprint density at radius 2 is 1.93 bits per heavy atom. The topological polar surface area (TPSA) is 86.8 Å². The van der Waals surface area contributed by atoms with Crippen molar-refractivity contribution in [2.45, 2.75) is 44.4 Å². The van der Waals surface area contributed by atoms with Crippen molar-refractivity contribution < 1.29 is 23.6 Å². The molecule has 2 atom stereocenters. The van der Waals surface area contributed by atoms with Crippen LogP contribution < -0.4 is 5.32 Å². The second kappa shape index (κ2) is 6.84. The Kier molecular flexibility index (Phi) is 4.51. The van der Waals surface area contributed by atoms with Crippen LogP contribution in [0.2, 0.25) is 0 Å². The Labute approximate surface area is 155 Å². The maximum Gasteiger partial charge on any atom is 0.262 e. The van der Waals surface area contributed by atoms with Gasteiger partial charge in [-0.25, -0.2) is 4.39 Å². The number of likely N-dealkylation sites (tertiary alicyclic amines) is 1. The number of imide groups is 2. The molecule has 0 aliphatic carbocycles. The van der Waals surface area contributed by atoms with Crippen molar-refractivity contribution >= 4 is 23.6 Å². The lowest BCUT2D eigenvalue weighted by atomic mass is 10.0. The Balaban J connectivity index is 1.61. The van der Waals surface area contributed by atoms with E-state index in [0.29, 0.717) is 25.1 Å². The number of carbonyl (C=O) groups excluding carboxylic acids is 4. The molecule has 3 heterocycles. The van der Waals surface area contributed by atoms with E-state index in [1.165, 1.54) is 0 Å². The highest BCUT2D eigenvalue weighted by Gasteiger charge is 2.45. The number of hydrogen-bond donors (Lipinski definition) is 1. The molecular weight excluding hydrogens is 353 g/mol.